The smallest absolute Gasteiger partial charge is 0.253 e. The van der Waals surface area contributed by atoms with E-state index >= 15 is 0 Å². The van der Waals surface area contributed by atoms with Crippen LogP contribution in [0.3, 0.4) is 0 Å². The van der Waals surface area contributed by atoms with Crippen LogP contribution >= 0.6 is 24.2 Å². The first kappa shape index (κ1) is 26.5. The Kier molecular flexibility index (Phi) is 10.2. The van der Waals surface area contributed by atoms with E-state index in [0.29, 0.717) is 37.3 Å². The topological polar surface area (TPSA) is 90.1 Å². The zero-order valence-corrected chi connectivity index (χ0v) is 20.9. The highest BCUT2D eigenvalue weighted by molar-refractivity contribution is 7.81. The normalized spacial score (nSPS) is 15.2. The second-order valence-corrected chi connectivity index (χ2v) is 9.42. The fourth-order valence-electron chi connectivity index (χ4n) is 4.01. The molecule has 0 saturated carbocycles. The second-order valence-electron chi connectivity index (χ2n) is 8.36. The van der Waals surface area contributed by atoms with Gasteiger partial charge in [-0.15, -0.1) is 0 Å². The van der Waals surface area contributed by atoms with Gasteiger partial charge in [0, 0.05) is 55.5 Å². The van der Waals surface area contributed by atoms with Crippen molar-refractivity contribution in [3.8, 4) is 0 Å². The highest BCUT2D eigenvalue weighted by Gasteiger charge is 2.24. The average Bonchev–Trinajstić information content (AvgIpc) is 2.87. The van der Waals surface area contributed by atoms with Crippen LogP contribution in [0.1, 0.15) is 22.3 Å². The molecule has 9 heteroatoms. The minimum absolute atomic E-state index is 0.0147. The number of hydrogen-bond acceptors (Lipinski definition) is 6. The molecule has 1 aliphatic heterocycles. The Labute approximate surface area is 211 Å². The van der Waals surface area contributed by atoms with E-state index in [-0.39, 0.29) is 25.0 Å². The summed E-state index contributed by atoms with van der Waals surface area (Å²) in [6, 6.07) is 14.9. The number of carbonyl (C=O) groups is 2. The fourth-order valence-corrected chi connectivity index (χ4v) is 4.42. The molecule has 3 rings (SSSR count). The van der Waals surface area contributed by atoms with Crippen LogP contribution in [-0.4, -0.2) is 84.4 Å². The molecule has 1 aliphatic rings. The summed E-state index contributed by atoms with van der Waals surface area (Å²) in [5, 5.41) is 9.60. The number of aliphatic hydroxyl groups excluding tert-OH is 1. The minimum Gasteiger partial charge on any atom is -0.395 e. The largest absolute Gasteiger partial charge is 0.395 e. The van der Waals surface area contributed by atoms with Crippen molar-refractivity contribution in [1.82, 2.24) is 9.80 Å². The van der Waals surface area contributed by atoms with Gasteiger partial charge < -0.3 is 20.6 Å². The van der Waals surface area contributed by atoms with Crippen molar-refractivity contribution in [2.24, 2.45) is 5.73 Å². The van der Waals surface area contributed by atoms with Crippen LogP contribution < -0.4 is 10.6 Å². The maximum absolute atomic E-state index is 13.0. The Morgan fingerprint density at radius 3 is 2.29 bits per heavy atom. The van der Waals surface area contributed by atoms with Gasteiger partial charge in [-0.3, -0.25) is 14.5 Å². The van der Waals surface area contributed by atoms with Gasteiger partial charge in [0.15, 0.2) is 0 Å². The first-order chi connectivity index (χ1) is 16.4. The maximum atomic E-state index is 13.0. The number of thiol groups is 1. The molecule has 0 bridgehead atoms. The number of benzene rings is 2. The summed E-state index contributed by atoms with van der Waals surface area (Å²) in [5.74, 6) is -0.226. The molecule has 34 heavy (non-hydrogen) atoms. The van der Waals surface area contributed by atoms with E-state index < -0.39 is 5.25 Å². The van der Waals surface area contributed by atoms with E-state index in [9.17, 15) is 14.7 Å². The molecule has 0 radical (unpaired) electrons. The lowest BCUT2D eigenvalue weighted by molar-refractivity contribution is -0.118. The third-order valence-electron chi connectivity index (χ3n) is 6.03. The average molecular weight is 505 g/mol. The summed E-state index contributed by atoms with van der Waals surface area (Å²) in [6.07, 6.45) is 1.40. The zero-order valence-electron chi connectivity index (χ0n) is 19.3. The number of amides is 2. The first-order valence-electron chi connectivity index (χ1n) is 11.6. The van der Waals surface area contributed by atoms with Gasteiger partial charge in [0.25, 0.3) is 5.91 Å². The Balaban J connectivity index is 1.54. The highest BCUT2D eigenvalue weighted by Crippen LogP contribution is 2.20. The lowest BCUT2D eigenvalue weighted by Crippen LogP contribution is -2.49. The monoisotopic (exact) mass is 504 g/mol. The molecule has 2 aromatic carbocycles. The predicted molar refractivity (Wildman–Crippen MR) is 140 cm³/mol. The van der Waals surface area contributed by atoms with Gasteiger partial charge in [0.2, 0.25) is 5.91 Å². The number of aliphatic hydroxyl groups is 1. The summed E-state index contributed by atoms with van der Waals surface area (Å²) in [4.78, 5) is 31.4. The van der Waals surface area contributed by atoms with Gasteiger partial charge >= 0.3 is 0 Å². The lowest BCUT2D eigenvalue weighted by atomic mass is 10.1. The van der Waals surface area contributed by atoms with Crippen LogP contribution in [0.5, 0.6) is 0 Å². The molecule has 2 aromatic rings. The quantitative estimate of drug-likeness (QED) is 0.432. The van der Waals surface area contributed by atoms with Gasteiger partial charge in [-0.2, -0.15) is 12.6 Å². The van der Waals surface area contributed by atoms with E-state index in [0.717, 1.165) is 31.1 Å². The number of rotatable bonds is 10. The lowest BCUT2D eigenvalue weighted by Gasteiger charge is -2.35. The van der Waals surface area contributed by atoms with Crippen LogP contribution in [0.25, 0.3) is 0 Å². The van der Waals surface area contributed by atoms with Crippen molar-refractivity contribution in [1.29, 1.82) is 0 Å². The zero-order chi connectivity index (χ0) is 24.5. The van der Waals surface area contributed by atoms with Crippen molar-refractivity contribution < 1.29 is 14.7 Å². The summed E-state index contributed by atoms with van der Waals surface area (Å²) in [6.45, 7) is 4.32. The SMILES string of the molecule is NCCC(S)C(=O)N(CCO)c1ccc(C(=O)N2CCN(CCc3ccc(Cl)cc3)CC2)cc1. The van der Waals surface area contributed by atoms with E-state index in [1.807, 2.05) is 17.0 Å². The van der Waals surface area contributed by atoms with Gasteiger partial charge in [-0.25, -0.2) is 0 Å². The summed E-state index contributed by atoms with van der Waals surface area (Å²) < 4.78 is 0. The van der Waals surface area contributed by atoms with Gasteiger partial charge in [-0.05, 0) is 61.3 Å². The number of nitrogens with two attached hydrogens (primary N) is 1. The molecule has 3 N–H and O–H groups in total. The molecule has 7 nitrogen and oxygen atoms in total. The third kappa shape index (κ3) is 7.20. The minimum atomic E-state index is -0.533. The number of carbonyl (C=O) groups excluding carboxylic acids is 2. The van der Waals surface area contributed by atoms with Gasteiger partial charge in [0.1, 0.15) is 0 Å². The Morgan fingerprint density at radius 2 is 1.71 bits per heavy atom. The predicted octanol–water partition coefficient (Wildman–Crippen LogP) is 2.31. The van der Waals surface area contributed by atoms with E-state index in [4.69, 9.17) is 17.3 Å². The highest BCUT2D eigenvalue weighted by atomic mass is 35.5. The Hall–Kier alpha value is -2.10. The van der Waals surface area contributed by atoms with Crippen molar-refractivity contribution in [3.05, 3.63) is 64.7 Å². The van der Waals surface area contributed by atoms with Crippen molar-refractivity contribution in [3.63, 3.8) is 0 Å². The molecule has 2 amide bonds. The van der Waals surface area contributed by atoms with Crippen LogP contribution in [-0.2, 0) is 11.2 Å². The van der Waals surface area contributed by atoms with Crippen LogP contribution in [0.4, 0.5) is 5.69 Å². The first-order valence-corrected chi connectivity index (χ1v) is 12.5. The molecule has 0 aromatic heterocycles. The molecule has 0 aliphatic carbocycles. The maximum Gasteiger partial charge on any atom is 0.253 e. The third-order valence-corrected chi connectivity index (χ3v) is 6.76. The number of hydrogen-bond donors (Lipinski definition) is 3. The standard InChI is InChI=1S/C25H33ClN4O3S/c26-21-5-1-19(2-6-21)10-12-28-13-15-29(16-14-28)24(32)20-3-7-22(8-4-20)30(17-18-31)25(33)23(34)9-11-27/h1-8,23,31,34H,9-18,27H2. The molecule has 1 fully saturated rings. The van der Waals surface area contributed by atoms with Crippen LogP contribution in [0.2, 0.25) is 5.02 Å². The number of halogens is 1. The summed E-state index contributed by atoms with van der Waals surface area (Å²) >= 11 is 10.3. The molecule has 1 unspecified atom stereocenters. The molecule has 0 spiro atoms. The summed E-state index contributed by atoms with van der Waals surface area (Å²) in [7, 11) is 0. The van der Waals surface area contributed by atoms with E-state index in [2.05, 4.69) is 29.7 Å². The van der Waals surface area contributed by atoms with Crippen molar-refractivity contribution >= 4 is 41.7 Å². The summed E-state index contributed by atoms with van der Waals surface area (Å²) in [5.41, 5.74) is 8.00. The number of nitrogens with zero attached hydrogens (tertiary/aromatic N) is 3. The van der Waals surface area contributed by atoms with Crippen LogP contribution in [0, 0.1) is 0 Å². The van der Waals surface area contributed by atoms with Crippen molar-refractivity contribution in [2.75, 3.05) is 57.3 Å². The number of anilines is 1. The second kappa shape index (κ2) is 13.1. The van der Waals surface area contributed by atoms with E-state index in [1.54, 1.807) is 24.3 Å². The molecular formula is C25H33ClN4O3S. The van der Waals surface area contributed by atoms with Crippen molar-refractivity contribution in [2.45, 2.75) is 18.1 Å². The molecule has 1 heterocycles. The van der Waals surface area contributed by atoms with Gasteiger partial charge in [-0.1, -0.05) is 23.7 Å². The van der Waals surface area contributed by atoms with Crippen LogP contribution in [0.15, 0.2) is 48.5 Å². The Morgan fingerprint density at radius 1 is 1.06 bits per heavy atom. The molecule has 1 saturated heterocycles. The molecule has 184 valence electrons. The van der Waals surface area contributed by atoms with Gasteiger partial charge in [0.05, 0.1) is 11.9 Å². The number of piperazine rings is 1. The van der Waals surface area contributed by atoms with E-state index in [1.165, 1.54) is 10.5 Å². The fraction of sp³-hybridized carbons (Fsp3) is 0.440. The molecule has 1 atom stereocenters. The Bertz CT molecular complexity index is 934. The molecular weight excluding hydrogens is 472 g/mol.